The average molecular weight is 296 g/mol. The lowest BCUT2D eigenvalue weighted by Gasteiger charge is -2.27. The Balaban J connectivity index is 2.40. The fraction of sp³-hybridized carbons (Fsp3) is 0.500. The summed E-state index contributed by atoms with van der Waals surface area (Å²) in [5.41, 5.74) is -0.227. The first-order valence-corrected chi connectivity index (χ1v) is 6.54. The van der Waals surface area contributed by atoms with E-state index in [4.69, 9.17) is 9.52 Å². The lowest BCUT2D eigenvalue weighted by molar-refractivity contribution is -0.144. The van der Waals surface area contributed by atoms with E-state index in [1.54, 1.807) is 20.8 Å². The van der Waals surface area contributed by atoms with Gasteiger partial charge in [0.15, 0.2) is 0 Å². The van der Waals surface area contributed by atoms with E-state index >= 15 is 0 Å². The molecule has 0 aromatic carbocycles. The monoisotopic (exact) mass is 296 g/mol. The summed E-state index contributed by atoms with van der Waals surface area (Å²) in [5.74, 6) is -1.86. The van der Waals surface area contributed by atoms with Crippen molar-refractivity contribution in [1.29, 1.82) is 0 Å². The van der Waals surface area contributed by atoms with Crippen molar-refractivity contribution in [1.82, 2.24) is 10.6 Å². The zero-order valence-electron chi connectivity index (χ0n) is 12.3. The van der Waals surface area contributed by atoms with Crippen LogP contribution in [0.2, 0.25) is 0 Å². The predicted molar refractivity (Wildman–Crippen MR) is 74.7 cm³/mol. The highest BCUT2D eigenvalue weighted by atomic mass is 16.4. The summed E-state index contributed by atoms with van der Waals surface area (Å²) in [4.78, 5) is 34.4. The van der Waals surface area contributed by atoms with Crippen molar-refractivity contribution in [3.63, 3.8) is 0 Å². The van der Waals surface area contributed by atoms with Crippen LogP contribution in [0, 0.1) is 5.41 Å². The normalized spacial score (nSPS) is 12.5. The van der Waals surface area contributed by atoms with Gasteiger partial charge >= 0.3 is 5.97 Å². The number of furan rings is 1. The Labute approximate surface area is 122 Å². The van der Waals surface area contributed by atoms with Crippen molar-refractivity contribution in [3.8, 4) is 0 Å². The van der Waals surface area contributed by atoms with Crippen LogP contribution in [0.25, 0.3) is 0 Å². The summed E-state index contributed by atoms with van der Waals surface area (Å²) < 4.78 is 4.77. The van der Waals surface area contributed by atoms with Crippen LogP contribution in [0.5, 0.6) is 0 Å². The summed E-state index contributed by atoms with van der Waals surface area (Å²) in [7, 11) is 0. The molecule has 21 heavy (non-hydrogen) atoms. The maximum atomic E-state index is 11.7. The standard InChI is InChI=1S/C14H20N2O5/c1-14(2,3)11(13(19)20)16-10(17)4-6-15-12(18)9-5-7-21-8-9/h5,7-8,11H,4,6H2,1-3H3,(H,15,18)(H,16,17)(H,19,20)/t11-/m1/s1. The Morgan fingerprint density at radius 3 is 2.48 bits per heavy atom. The molecule has 0 bridgehead atoms. The Hall–Kier alpha value is -2.31. The molecule has 7 nitrogen and oxygen atoms in total. The smallest absolute Gasteiger partial charge is 0.326 e. The second-order valence-corrected chi connectivity index (χ2v) is 5.72. The first-order chi connectivity index (χ1) is 9.71. The largest absolute Gasteiger partial charge is 0.480 e. The van der Waals surface area contributed by atoms with Crippen LogP contribution >= 0.6 is 0 Å². The van der Waals surface area contributed by atoms with Gasteiger partial charge in [0, 0.05) is 13.0 Å². The number of rotatable bonds is 6. The molecule has 1 atom stereocenters. The van der Waals surface area contributed by atoms with Crippen molar-refractivity contribution in [2.75, 3.05) is 6.54 Å². The zero-order chi connectivity index (χ0) is 16.0. The first-order valence-electron chi connectivity index (χ1n) is 6.54. The fourth-order valence-corrected chi connectivity index (χ4v) is 1.67. The third-order valence-corrected chi connectivity index (χ3v) is 2.84. The molecule has 0 fully saturated rings. The van der Waals surface area contributed by atoms with Crippen LogP contribution in [0.3, 0.4) is 0 Å². The number of hydrogen-bond acceptors (Lipinski definition) is 4. The molecule has 0 saturated heterocycles. The number of carboxylic acid groups (broad SMARTS) is 1. The Morgan fingerprint density at radius 2 is 2.00 bits per heavy atom. The van der Waals surface area contributed by atoms with E-state index in [1.807, 2.05) is 0 Å². The lowest BCUT2D eigenvalue weighted by atomic mass is 9.86. The van der Waals surface area contributed by atoms with Gasteiger partial charge in [-0.25, -0.2) is 4.79 Å². The quantitative estimate of drug-likeness (QED) is 0.726. The second-order valence-electron chi connectivity index (χ2n) is 5.72. The van der Waals surface area contributed by atoms with Crippen molar-refractivity contribution >= 4 is 17.8 Å². The van der Waals surface area contributed by atoms with Crippen molar-refractivity contribution < 1.29 is 23.9 Å². The molecule has 3 N–H and O–H groups in total. The average Bonchev–Trinajstić information content (AvgIpc) is 2.87. The minimum absolute atomic E-state index is 0.00342. The SMILES string of the molecule is CC(C)(C)[C@H](NC(=O)CCNC(=O)c1ccoc1)C(=O)O. The maximum absolute atomic E-state index is 11.7. The van der Waals surface area contributed by atoms with E-state index < -0.39 is 23.3 Å². The summed E-state index contributed by atoms with van der Waals surface area (Å²) in [5, 5.41) is 14.1. The minimum Gasteiger partial charge on any atom is -0.480 e. The molecule has 2 amide bonds. The molecule has 0 radical (unpaired) electrons. The van der Waals surface area contributed by atoms with Crippen LogP contribution < -0.4 is 10.6 Å². The number of hydrogen-bond donors (Lipinski definition) is 3. The molecule has 7 heteroatoms. The predicted octanol–water partition coefficient (Wildman–Crippen LogP) is 1.01. The molecule has 1 rings (SSSR count). The lowest BCUT2D eigenvalue weighted by Crippen LogP contribution is -2.49. The zero-order valence-corrected chi connectivity index (χ0v) is 12.3. The Morgan fingerprint density at radius 1 is 1.33 bits per heavy atom. The van der Waals surface area contributed by atoms with Crippen LogP contribution in [-0.2, 0) is 9.59 Å². The van der Waals surface area contributed by atoms with Crippen LogP contribution in [0.1, 0.15) is 37.6 Å². The molecule has 0 saturated carbocycles. The fourth-order valence-electron chi connectivity index (χ4n) is 1.67. The van der Waals surface area contributed by atoms with E-state index in [2.05, 4.69) is 10.6 Å². The van der Waals surface area contributed by atoms with Gasteiger partial charge in [-0.15, -0.1) is 0 Å². The molecule has 0 aliphatic heterocycles. The van der Waals surface area contributed by atoms with Gasteiger partial charge in [-0.05, 0) is 11.5 Å². The number of amides is 2. The van der Waals surface area contributed by atoms with Gasteiger partial charge in [-0.2, -0.15) is 0 Å². The van der Waals surface area contributed by atoms with Gasteiger partial charge in [0.05, 0.1) is 11.8 Å². The van der Waals surface area contributed by atoms with Gasteiger partial charge in [-0.3, -0.25) is 9.59 Å². The minimum atomic E-state index is -1.08. The van der Waals surface area contributed by atoms with E-state index in [1.165, 1.54) is 18.6 Å². The molecule has 0 spiro atoms. The van der Waals surface area contributed by atoms with Gasteiger partial charge in [0.2, 0.25) is 5.91 Å². The van der Waals surface area contributed by atoms with Gasteiger partial charge < -0.3 is 20.2 Å². The second kappa shape index (κ2) is 6.92. The van der Waals surface area contributed by atoms with Crippen LogP contribution in [0.15, 0.2) is 23.0 Å². The Bertz CT molecular complexity index is 502. The molecule has 1 aromatic rings. The molecule has 1 aromatic heterocycles. The number of nitrogens with one attached hydrogen (secondary N) is 2. The highest BCUT2D eigenvalue weighted by Gasteiger charge is 2.32. The Kier molecular flexibility index (Phi) is 5.52. The number of carboxylic acids is 1. The van der Waals surface area contributed by atoms with Crippen molar-refractivity contribution in [2.45, 2.75) is 33.2 Å². The summed E-state index contributed by atoms with van der Waals surface area (Å²) in [6, 6.07) is 0.532. The highest BCUT2D eigenvalue weighted by Crippen LogP contribution is 2.19. The maximum Gasteiger partial charge on any atom is 0.326 e. The first kappa shape index (κ1) is 16.7. The van der Waals surface area contributed by atoms with Crippen molar-refractivity contribution in [3.05, 3.63) is 24.2 Å². The molecule has 1 heterocycles. The van der Waals surface area contributed by atoms with E-state index in [9.17, 15) is 14.4 Å². The van der Waals surface area contributed by atoms with Crippen LogP contribution in [-0.4, -0.2) is 35.5 Å². The molecule has 0 unspecified atom stereocenters. The van der Waals surface area contributed by atoms with E-state index in [-0.39, 0.29) is 18.9 Å². The third kappa shape index (κ3) is 5.29. The molecular weight excluding hydrogens is 276 g/mol. The van der Waals surface area contributed by atoms with Gasteiger partial charge in [0.25, 0.3) is 5.91 Å². The summed E-state index contributed by atoms with van der Waals surface area (Å²) >= 11 is 0. The number of aliphatic carboxylic acids is 1. The van der Waals surface area contributed by atoms with Gasteiger partial charge in [-0.1, -0.05) is 20.8 Å². The number of carbonyl (C=O) groups excluding carboxylic acids is 2. The topological polar surface area (TPSA) is 109 Å². The molecule has 0 aliphatic carbocycles. The molecule has 0 aliphatic rings. The van der Waals surface area contributed by atoms with Crippen LogP contribution in [0.4, 0.5) is 0 Å². The molecule has 116 valence electrons. The highest BCUT2D eigenvalue weighted by molar-refractivity contribution is 5.94. The van der Waals surface area contributed by atoms with Crippen molar-refractivity contribution in [2.24, 2.45) is 5.41 Å². The number of carbonyl (C=O) groups is 3. The van der Waals surface area contributed by atoms with Gasteiger partial charge in [0.1, 0.15) is 12.3 Å². The third-order valence-electron chi connectivity index (χ3n) is 2.84. The molecular formula is C14H20N2O5. The van der Waals surface area contributed by atoms with E-state index in [0.29, 0.717) is 5.56 Å². The summed E-state index contributed by atoms with van der Waals surface area (Å²) in [6.07, 6.45) is 2.68. The van der Waals surface area contributed by atoms with E-state index in [0.717, 1.165) is 0 Å². The summed E-state index contributed by atoms with van der Waals surface area (Å²) in [6.45, 7) is 5.30.